The molecule has 79 heavy (non-hydrogen) atoms. The molecule has 2 aliphatic rings. The maximum atomic E-state index is 14.8. The summed E-state index contributed by atoms with van der Waals surface area (Å²) >= 11 is 0. The van der Waals surface area contributed by atoms with Crippen LogP contribution in [0.25, 0.3) is 23.0 Å². The van der Waals surface area contributed by atoms with Crippen molar-refractivity contribution >= 4 is 40.9 Å². The molecule has 0 fully saturated rings. The molecule has 7 aromatic heterocycles. The minimum Gasteiger partial charge on any atom is -0.485 e. The Balaban J connectivity index is 0.845. The standard InChI is InChI=1S/C56H48F2N14O7/c1-2-76-55(74)37-26-61-21-18-42(37)66-52-47(29-64-54(68-52)49-35-12-8-16-44(35)72(70-49)31-33-10-4-6-14-40(33)58)79-45-19-22-62-27-38(45)56(75)78-24-23-77-46-28-63-53(67-51(46)65-41-17-20-60-25-36(41)50(59)73)48-34-11-7-15-43(34)71(69-48)30-32-9-3-5-13-39(32)57/h3-6,9-10,13-14,17-22,25-29H,2,7-8,11-12,15-16,23-24,30-31H2,1H3,(H2,59,73)(H,60,63,65,67)(H,61,64,66,68). The van der Waals surface area contributed by atoms with Crippen molar-refractivity contribution in [2.45, 2.75) is 58.5 Å². The first-order chi connectivity index (χ1) is 38.6. The van der Waals surface area contributed by atoms with Crippen LogP contribution in [0.1, 0.15) is 84.5 Å². The molecule has 0 unspecified atom stereocenters. The Labute approximate surface area is 449 Å². The highest BCUT2D eigenvalue weighted by Crippen LogP contribution is 2.38. The van der Waals surface area contributed by atoms with Crippen LogP contribution in [-0.4, -0.2) is 92.1 Å². The predicted molar refractivity (Wildman–Crippen MR) is 281 cm³/mol. The fraction of sp³-hybridized carbons (Fsp3) is 0.214. The van der Waals surface area contributed by atoms with Gasteiger partial charge in [0.05, 0.1) is 49.0 Å². The number of rotatable bonds is 20. The normalized spacial score (nSPS) is 12.4. The first kappa shape index (κ1) is 51.1. The molecule has 9 aromatic rings. The van der Waals surface area contributed by atoms with Crippen LogP contribution in [0.4, 0.5) is 31.8 Å². The van der Waals surface area contributed by atoms with Crippen molar-refractivity contribution in [3.8, 4) is 40.3 Å². The number of anilines is 4. The number of carbonyl (C=O) groups excluding carboxylic acids is 3. The summed E-state index contributed by atoms with van der Waals surface area (Å²) < 4.78 is 56.7. The molecule has 4 N–H and O–H groups in total. The van der Waals surface area contributed by atoms with E-state index in [0.29, 0.717) is 35.4 Å². The minimum absolute atomic E-state index is 0.0247. The van der Waals surface area contributed by atoms with Crippen molar-refractivity contribution in [1.82, 2.24) is 54.4 Å². The highest BCUT2D eigenvalue weighted by atomic mass is 19.1. The van der Waals surface area contributed by atoms with E-state index in [-0.39, 0.29) is 113 Å². The minimum atomic E-state index is -0.818. The third-order valence-corrected chi connectivity index (χ3v) is 13.2. The van der Waals surface area contributed by atoms with Crippen LogP contribution in [0.2, 0.25) is 0 Å². The quantitative estimate of drug-likeness (QED) is 0.0478. The molecule has 21 nitrogen and oxygen atoms in total. The summed E-state index contributed by atoms with van der Waals surface area (Å²) in [4.78, 5) is 70.8. The number of aromatic nitrogens is 11. The first-order valence-corrected chi connectivity index (χ1v) is 25.3. The average Bonchev–Trinajstić information content (AvgIpc) is 4.39. The van der Waals surface area contributed by atoms with Gasteiger partial charge in [0.25, 0.3) is 5.91 Å². The smallest absolute Gasteiger partial charge is 0.343 e. The number of benzene rings is 2. The number of fused-ring (bicyclic) bond motifs is 2. The number of hydrogen-bond donors (Lipinski definition) is 3. The van der Waals surface area contributed by atoms with E-state index < -0.39 is 17.8 Å². The summed E-state index contributed by atoms with van der Waals surface area (Å²) in [6, 6.07) is 17.7. The number of nitrogens with one attached hydrogen (secondary N) is 2. The number of carbonyl (C=O) groups is 3. The molecular weight excluding hydrogens is 1020 g/mol. The molecule has 7 heterocycles. The summed E-state index contributed by atoms with van der Waals surface area (Å²) in [5.74, 6) is -1.95. The second-order valence-electron chi connectivity index (χ2n) is 18.2. The maximum absolute atomic E-state index is 14.8. The van der Waals surface area contributed by atoms with E-state index in [1.54, 1.807) is 64.8 Å². The zero-order chi connectivity index (χ0) is 54.4. The molecule has 11 rings (SSSR count). The lowest BCUT2D eigenvalue weighted by molar-refractivity contribution is 0.0446. The van der Waals surface area contributed by atoms with Crippen molar-refractivity contribution in [2.24, 2.45) is 5.73 Å². The van der Waals surface area contributed by atoms with E-state index in [1.165, 1.54) is 67.8 Å². The third-order valence-electron chi connectivity index (χ3n) is 13.2. The van der Waals surface area contributed by atoms with Crippen LogP contribution in [0.5, 0.6) is 17.2 Å². The highest BCUT2D eigenvalue weighted by Gasteiger charge is 2.29. The van der Waals surface area contributed by atoms with Crippen molar-refractivity contribution in [2.75, 3.05) is 30.5 Å². The lowest BCUT2D eigenvalue weighted by atomic mass is 10.2. The SMILES string of the molecule is CCOC(=O)c1cnccc1Nc1nc(-c2nn(Cc3ccccc3F)c3c2CCC3)ncc1Oc1ccncc1C(=O)OCCOc1cnc(-c2nn(Cc3ccccc3F)c3c2CCC3)nc1Nc1ccncc1C(N)=O. The molecule has 0 saturated carbocycles. The highest BCUT2D eigenvalue weighted by molar-refractivity contribution is 5.99. The third kappa shape index (κ3) is 10.9. The monoisotopic (exact) mass is 1070 g/mol. The molecular formula is C56H48F2N14O7. The molecule has 2 aromatic carbocycles. The molecule has 0 radical (unpaired) electrons. The molecule has 0 atom stereocenters. The van der Waals surface area contributed by atoms with Gasteiger partial charge in [0.15, 0.2) is 34.8 Å². The van der Waals surface area contributed by atoms with E-state index in [2.05, 4.69) is 35.6 Å². The summed E-state index contributed by atoms with van der Waals surface area (Å²) in [5, 5.41) is 16.1. The number of nitrogens with two attached hydrogens (primary N) is 1. The largest absolute Gasteiger partial charge is 0.485 e. The number of pyridine rings is 3. The van der Waals surface area contributed by atoms with E-state index in [0.717, 1.165) is 48.2 Å². The zero-order valence-corrected chi connectivity index (χ0v) is 42.4. The van der Waals surface area contributed by atoms with Gasteiger partial charge in [-0.25, -0.2) is 38.3 Å². The Morgan fingerprint density at radius 1 is 0.595 bits per heavy atom. The molecule has 0 aliphatic heterocycles. The Morgan fingerprint density at radius 2 is 1.11 bits per heavy atom. The lowest BCUT2D eigenvalue weighted by Crippen LogP contribution is -2.16. The van der Waals surface area contributed by atoms with Crippen LogP contribution in [0.3, 0.4) is 0 Å². The van der Waals surface area contributed by atoms with Crippen molar-refractivity contribution in [3.05, 3.63) is 178 Å². The Morgan fingerprint density at radius 3 is 1.70 bits per heavy atom. The van der Waals surface area contributed by atoms with Crippen molar-refractivity contribution in [3.63, 3.8) is 0 Å². The van der Waals surface area contributed by atoms with Gasteiger partial charge in [0.2, 0.25) is 0 Å². The summed E-state index contributed by atoms with van der Waals surface area (Å²) in [7, 11) is 0. The number of hydrogen-bond acceptors (Lipinski definition) is 18. The summed E-state index contributed by atoms with van der Waals surface area (Å²) in [6.45, 7) is 1.76. The summed E-state index contributed by atoms with van der Waals surface area (Å²) in [6.07, 6.45) is 15.8. The Bertz CT molecular complexity index is 3800. The lowest BCUT2D eigenvalue weighted by Gasteiger charge is -2.16. The van der Waals surface area contributed by atoms with Gasteiger partial charge in [0, 0.05) is 76.9 Å². The number of ether oxygens (including phenoxy) is 4. The van der Waals surface area contributed by atoms with E-state index >= 15 is 0 Å². The molecule has 0 bridgehead atoms. The molecule has 0 spiro atoms. The van der Waals surface area contributed by atoms with E-state index in [4.69, 9.17) is 44.8 Å². The van der Waals surface area contributed by atoms with Gasteiger partial charge in [-0.15, -0.1) is 0 Å². The van der Waals surface area contributed by atoms with Gasteiger partial charge in [-0.3, -0.25) is 29.1 Å². The summed E-state index contributed by atoms with van der Waals surface area (Å²) in [5.41, 5.74) is 12.2. The number of esters is 2. The maximum Gasteiger partial charge on any atom is 0.343 e. The fourth-order valence-corrected chi connectivity index (χ4v) is 9.48. The molecule has 2 aliphatic carbocycles. The molecule has 398 valence electrons. The Hall–Kier alpha value is -10.1. The number of nitrogens with zero attached hydrogens (tertiary/aromatic N) is 11. The van der Waals surface area contributed by atoms with Gasteiger partial charge < -0.3 is 35.3 Å². The van der Waals surface area contributed by atoms with Gasteiger partial charge in [-0.1, -0.05) is 36.4 Å². The van der Waals surface area contributed by atoms with E-state index in [1.807, 2.05) is 0 Å². The molecule has 0 saturated heterocycles. The topological polar surface area (TPSA) is 264 Å². The van der Waals surface area contributed by atoms with Gasteiger partial charge in [0.1, 0.15) is 53.1 Å². The predicted octanol–water partition coefficient (Wildman–Crippen LogP) is 8.32. The van der Waals surface area contributed by atoms with Gasteiger partial charge in [-0.2, -0.15) is 10.2 Å². The molecule has 23 heteroatoms. The number of amides is 1. The van der Waals surface area contributed by atoms with Gasteiger partial charge >= 0.3 is 11.9 Å². The number of primary amides is 1. The van der Waals surface area contributed by atoms with E-state index in [9.17, 15) is 23.2 Å². The van der Waals surface area contributed by atoms with Gasteiger partial charge in [-0.05, 0) is 69.7 Å². The number of halogens is 2. The fourth-order valence-electron chi connectivity index (χ4n) is 9.48. The van der Waals surface area contributed by atoms with Crippen LogP contribution in [-0.2, 0) is 48.2 Å². The average molecular weight is 1070 g/mol. The zero-order valence-electron chi connectivity index (χ0n) is 42.4. The van der Waals surface area contributed by atoms with Crippen LogP contribution < -0.4 is 25.8 Å². The van der Waals surface area contributed by atoms with Crippen molar-refractivity contribution in [1.29, 1.82) is 0 Å². The first-order valence-electron chi connectivity index (χ1n) is 25.3. The van der Waals surface area contributed by atoms with Crippen LogP contribution in [0, 0.1) is 11.6 Å². The van der Waals surface area contributed by atoms with Crippen molar-refractivity contribution < 1.29 is 42.1 Å². The Kier molecular flexibility index (Phi) is 14.6. The second-order valence-corrected chi connectivity index (χ2v) is 18.2. The van der Waals surface area contributed by atoms with Crippen LogP contribution in [0.15, 0.2) is 116 Å². The molecule has 1 amide bonds. The van der Waals surface area contributed by atoms with Crippen LogP contribution >= 0.6 is 0 Å². The second kappa shape index (κ2) is 22.6.